The molecule has 1 saturated carbocycles. The Bertz CT molecular complexity index is 340. The van der Waals surface area contributed by atoms with Crippen molar-refractivity contribution in [2.75, 3.05) is 13.1 Å². The van der Waals surface area contributed by atoms with Gasteiger partial charge in [-0.15, -0.1) is 0 Å². The average molecular weight is 270 g/mol. The van der Waals surface area contributed by atoms with Crippen LogP contribution in [0.5, 0.6) is 0 Å². The molecule has 0 bridgehead atoms. The molecule has 0 aliphatic heterocycles. The molecule has 1 aliphatic carbocycles. The van der Waals surface area contributed by atoms with Crippen LogP contribution in [0.25, 0.3) is 0 Å². The largest absolute Gasteiger partial charge is 0.481 e. The summed E-state index contributed by atoms with van der Waals surface area (Å²) < 4.78 is 0. The maximum atomic E-state index is 11.8. The molecule has 2 N–H and O–H groups in total. The van der Waals surface area contributed by atoms with Crippen LogP contribution >= 0.6 is 0 Å². The third-order valence-corrected chi connectivity index (χ3v) is 3.41. The van der Waals surface area contributed by atoms with Crippen molar-refractivity contribution in [2.24, 2.45) is 5.92 Å². The van der Waals surface area contributed by atoms with Crippen molar-refractivity contribution >= 4 is 17.9 Å². The van der Waals surface area contributed by atoms with Crippen molar-refractivity contribution in [1.29, 1.82) is 0 Å². The third-order valence-electron chi connectivity index (χ3n) is 3.41. The highest BCUT2D eigenvalue weighted by Gasteiger charge is 2.23. The highest BCUT2D eigenvalue weighted by molar-refractivity contribution is 5.94. The molecule has 1 fully saturated rings. The lowest BCUT2D eigenvalue weighted by Gasteiger charge is -2.31. The van der Waals surface area contributed by atoms with Crippen LogP contribution in [0.2, 0.25) is 0 Å². The van der Waals surface area contributed by atoms with Crippen LogP contribution in [-0.2, 0) is 9.59 Å². The van der Waals surface area contributed by atoms with Crippen LogP contribution in [0.15, 0.2) is 0 Å². The quantitative estimate of drug-likeness (QED) is 0.735. The first-order valence-corrected chi connectivity index (χ1v) is 6.83. The topological polar surface area (TPSA) is 86.7 Å². The Morgan fingerprint density at radius 2 is 1.95 bits per heavy atom. The van der Waals surface area contributed by atoms with E-state index in [0.29, 0.717) is 19.0 Å². The maximum absolute atomic E-state index is 11.8. The molecule has 0 unspecified atom stereocenters. The molecular formula is C13H22N2O4. The Kier molecular flexibility index (Phi) is 6.32. The van der Waals surface area contributed by atoms with Gasteiger partial charge in [-0.25, -0.2) is 4.79 Å². The molecule has 0 heterocycles. The molecule has 1 rings (SSSR count). The van der Waals surface area contributed by atoms with E-state index in [9.17, 15) is 14.4 Å². The van der Waals surface area contributed by atoms with Crippen molar-refractivity contribution in [2.45, 2.75) is 45.4 Å². The van der Waals surface area contributed by atoms with Crippen LogP contribution in [-0.4, -0.2) is 41.0 Å². The van der Waals surface area contributed by atoms with E-state index in [2.05, 4.69) is 5.32 Å². The van der Waals surface area contributed by atoms with Gasteiger partial charge >= 0.3 is 12.0 Å². The number of aliphatic carboxylic acids is 1. The first-order chi connectivity index (χ1) is 9.02. The minimum absolute atomic E-state index is 0.0544. The Morgan fingerprint density at radius 3 is 2.42 bits per heavy atom. The molecule has 0 aromatic rings. The number of amides is 3. The van der Waals surface area contributed by atoms with Crippen molar-refractivity contribution in [3.63, 3.8) is 0 Å². The standard InChI is InChI=1S/C13H22N2O4/c1-2-15(9-10-5-3-6-10)13(19)14-11(16)7-4-8-12(17)18/h10H,2-9H2,1H3,(H,17,18)(H,14,16,19). The second-order valence-electron chi connectivity index (χ2n) is 4.94. The second-order valence-corrected chi connectivity index (χ2v) is 4.94. The van der Waals surface area contributed by atoms with Gasteiger partial charge in [-0.2, -0.15) is 0 Å². The number of carbonyl (C=O) groups is 3. The van der Waals surface area contributed by atoms with Crippen molar-refractivity contribution in [3.05, 3.63) is 0 Å². The van der Waals surface area contributed by atoms with Gasteiger partial charge in [-0.3, -0.25) is 14.9 Å². The number of carbonyl (C=O) groups excluding carboxylic acids is 2. The second kappa shape index (κ2) is 7.76. The zero-order valence-electron chi connectivity index (χ0n) is 11.4. The van der Waals surface area contributed by atoms with Crippen molar-refractivity contribution < 1.29 is 19.5 Å². The molecule has 0 aromatic heterocycles. The summed E-state index contributed by atoms with van der Waals surface area (Å²) in [4.78, 5) is 35.3. The maximum Gasteiger partial charge on any atom is 0.324 e. The summed E-state index contributed by atoms with van der Waals surface area (Å²) in [6.45, 7) is 3.16. The molecule has 0 atom stereocenters. The molecule has 19 heavy (non-hydrogen) atoms. The number of rotatable bonds is 7. The van der Waals surface area contributed by atoms with Crippen LogP contribution < -0.4 is 5.32 Å². The lowest BCUT2D eigenvalue weighted by molar-refractivity contribution is -0.137. The fourth-order valence-electron chi connectivity index (χ4n) is 2.00. The Labute approximate surface area is 113 Å². The summed E-state index contributed by atoms with van der Waals surface area (Å²) in [5.41, 5.74) is 0. The van der Waals surface area contributed by atoms with Gasteiger partial charge in [0, 0.05) is 25.9 Å². The first-order valence-electron chi connectivity index (χ1n) is 6.83. The average Bonchev–Trinajstić information content (AvgIpc) is 2.26. The van der Waals surface area contributed by atoms with Gasteiger partial charge < -0.3 is 10.0 Å². The minimum Gasteiger partial charge on any atom is -0.481 e. The number of nitrogens with zero attached hydrogens (tertiary/aromatic N) is 1. The van der Waals surface area contributed by atoms with Crippen LogP contribution in [0.4, 0.5) is 4.79 Å². The molecule has 0 radical (unpaired) electrons. The Morgan fingerprint density at radius 1 is 1.26 bits per heavy atom. The Balaban J connectivity index is 2.26. The number of hydrogen-bond donors (Lipinski definition) is 2. The summed E-state index contributed by atoms with van der Waals surface area (Å²) in [6, 6.07) is -0.366. The monoisotopic (exact) mass is 270 g/mol. The first kappa shape index (κ1) is 15.5. The van der Waals surface area contributed by atoms with Gasteiger partial charge in [0.2, 0.25) is 5.91 Å². The zero-order valence-corrected chi connectivity index (χ0v) is 11.4. The summed E-state index contributed by atoms with van der Waals surface area (Å²) >= 11 is 0. The minimum atomic E-state index is -0.931. The van der Waals surface area contributed by atoms with Gasteiger partial charge in [-0.1, -0.05) is 6.42 Å². The molecule has 0 saturated heterocycles. The number of hydrogen-bond acceptors (Lipinski definition) is 3. The molecule has 108 valence electrons. The van der Waals surface area contributed by atoms with Gasteiger partial charge in [0.15, 0.2) is 0 Å². The smallest absolute Gasteiger partial charge is 0.324 e. The number of nitrogens with one attached hydrogen (secondary N) is 1. The summed E-state index contributed by atoms with van der Waals surface area (Å²) in [5, 5.41) is 10.8. The number of urea groups is 1. The number of carboxylic acids is 1. The Hall–Kier alpha value is -1.59. The molecule has 3 amide bonds. The normalized spacial score (nSPS) is 14.6. The predicted molar refractivity (Wildman–Crippen MR) is 69.6 cm³/mol. The van der Waals surface area contributed by atoms with Crippen molar-refractivity contribution in [3.8, 4) is 0 Å². The fourth-order valence-corrected chi connectivity index (χ4v) is 2.00. The van der Waals surface area contributed by atoms with Gasteiger partial charge in [-0.05, 0) is 32.1 Å². The molecule has 6 nitrogen and oxygen atoms in total. The molecule has 6 heteroatoms. The number of carboxylic acid groups (broad SMARTS) is 1. The van der Waals surface area contributed by atoms with E-state index in [1.807, 2.05) is 6.92 Å². The SMILES string of the molecule is CCN(CC1CCC1)C(=O)NC(=O)CCCC(=O)O. The fraction of sp³-hybridized carbons (Fsp3) is 0.769. The van der Waals surface area contributed by atoms with E-state index >= 15 is 0 Å². The molecule has 0 aromatic carbocycles. The van der Waals surface area contributed by atoms with Crippen LogP contribution in [0.3, 0.4) is 0 Å². The van der Waals surface area contributed by atoms with Crippen molar-refractivity contribution in [1.82, 2.24) is 10.2 Å². The van der Waals surface area contributed by atoms with E-state index in [4.69, 9.17) is 5.11 Å². The molecule has 0 spiro atoms. The molecular weight excluding hydrogens is 248 g/mol. The highest BCUT2D eigenvalue weighted by atomic mass is 16.4. The molecule has 1 aliphatic rings. The highest BCUT2D eigenvalue weighted by Crippen LogP contribution is 2.26. The lowest BCUT2D eigenvalue weighted by Crippen LogP contribution is -2.45. The van der Waals surface area contributed by atoms with E-state index in [0.717, 1.165) is 12.8 Å². The van der Waals surface area contributed by atoms with E-state index in [1.54, 1.807) is 4.90 Å². The number of imide groups is 1. The van der Waals surface area contributed by atoms with E-state index < -0.39 is 11.9 Å². The van der Waals surface area contributed by atoms with E-state index in [1.165, 1.54) is 6.42 Å². The van der Waals surface area contributed by atoms with E-state index in [-0.39, 0.29) is 25.3 Å². The lowest BCUT2D eigenvalue weighted by atomic mass is 9.85. The summed E-state index contributed by atoms with van der Waals surface area (Å²) in [6.07, 6.45) is 3.79. The van der Waals surface area contributed by atoms with Gasteiger partial charge in [0.25, 0.3) is 0 Å². The zero-order chi connectivity index (χ0) is 14.3. The van der Waals surface area contributed by atoms with Crippen LogP contribution in [0, 0.1) is 5.92 Å². The van der Waals surface area contributed by atoms with Gasteiger partial charge in [0.1, 0.15) is 0 Å². The summed E-state index contributed by atoms with van der Waals surface area (Å²) in [5.74, 6) is -0.773. The van der Waals surface area contributed by atoms with Crippen LogP contribution in [0.1, 0.15) is 45.4 Å². The third kappa shape index (κ3) is 5.72. The van der Waals surface area contributed by atoms with Gasteiger partial charge in [0.05, 0.1) is 0 Å². The summed E-state index contributed by atoms with van der Waals surface area (Å²) in [7, 11) is 0. The predicted octanol–water partition coefficient (Wildman–Crippen LogP) is 1.60.